The largest absolute Gasteiger partial charge is 0.466 e. The zero-order valence-electron chi connectivity index (χ0n) is 13.5. The van der Waals surface area contributed by atoms with Crippen molar-refractivity contribution in [2.75, 3.05) is 20.3 Å². The summed E-state index contributed by atoms with van der Waals surface area (Å²) in [4.78, 5) is 41.8. The Morgan fingerprint density at radius 1 is 0.864 bits per heavy atom. The van der Waals surface area contributed by atoms with Crippen LogP contribution in [0.15, 0.2) is 12.2 Å². The second-order valence-electron chi connectivity index (χ2n) is 4.11. The maximum Gasteiger partial charge on any atom is 0.332 e. The summed E-state index contributed by atoms with van der Waals surface area (Å²) in [6, 6.07) is 0. The van der Waals surface area contributed by atoms with Gasteiger partial charge in [0.05, 0.1) is 7.11 Å². The Balaban J connectivity index is 0. The van der Waals surface area contributed by atoms with Gasteiger partial charge in [0.15, 0.2) is 6.10 Å². The van der Waals surface area contributed by atoms with Gasteiger partial charge < -0.3 is 18.9 Å². The van der Waals surface area contributed by atoms with Crippen LogP contribution in [0.3, 0.4) is 0 Å². The molecule has 0 spiro atoms. The molecule has 0 fully saturated rings. The Hall–Kier alpha value is -2.38. The van der Waals surface area contributed by atoms with E-state index in [9.17, 15) is 19.2 Å². The molecule has 126 valence electrons. The van der Waals surface area contributed by atoms with Crippen molar-refractivity contribution in [1.29, 1.82) is 0 Å². The zero-order valence-corrected chi connectivity index (χ0v) is 13.5. The molecule has 0 unspecified atom stereocenters. The molecule has 0 amide bonds. The van der Waals surface area contributed by atoms with E-state index in [1.807, 2.05) is 0 Å². The molecule has 0 radical (unpaired) electrons. The summed E-state index contributed by atoms with van der Waals surface area (Å²) in [5.74, 6) is -1.86. The highest BCUT2D eigenvalue weighted by molar-refractivity contribution is 5.86. The van der Waals surface area contributed by atoms with E-state index in [0.29, 0.717) is 5.57 Å². The second-order valence-corrected chi connectivity index (χ2v) is 4.11. The highest BCUT2D eigenvalue weighted by Gasteiger charge is 2.15. The van der Waals surface area contributed by atoms with Crippen LogP contribution in [0.1, 0.15) is 27.7 Å². The molecule has 0 heterocycles. The van der Waals surface area contributed by atoms with Gasteiger partial charge >= 0.3 is 23.9 Å². The van der Waals surface area contributed by atoms with E-state index in [1.165, 1.54) is 27.9 Å². The average Bonchev–Trinajstić information content (AvgIpc) is 2.40. The van der Waals surface area contributed by atoms with Crippen molar-refractivity contribution < 1.29 is 38.1 Å². The Labute approximate surface area is 129 Å². The number of hydrogen-bond donors (Lipinski definition) is 0. The summed E-state index contributed by atoms with van der Waals surface area (Å²) in [5.41, 5.74) is 0.433. The number of carbonyl (C=O) groups excluding carboxylic acids is 4. The second kappa shape index (κ2) is 12.4. The van der Waals surface area contributed by atoms with E-state index in [2.05, 4.69) is 20.8 Å². The minimum atomic E-state index is -0.754. The number of esters is 4. The molecule has 0 saturated carbocycles. The van der Waals surface area contributed by atoms with Crippen LogP contribution in [-0.2, 0) is 38.1 Å². The first-order valence-corrected chi connectivity index (χ1v) is 6.27. The average molecular weight is 318 g/mol. The predicted octanol–water partition coefficient (Wildman–Crippen LogP) is 0.780. The maximum atomic E-state index is 10.6. The molecule has 22 heavy (non-hydrogen) atoms. The lowest BCUT2D eigenvalue weighted by Crippen LogP contribution is -2.29. The van der Waals surface area contributed by atoms with Crippen LogP contribution in [0.4, 0.5) is 0 Å². The fraction of sp³-hybridized carbons (Fsp3) is 0.571. The standard InChI is InChI=1S/C9H14O6.C5H8O2/c1-6(10)13-4-9(15-8(3)12)5-14-7(2)11;1-4(2)5(6)7-3/h9H,4-5H2,1-3H3;1H2,2-3H3. The molecule has 0 aliphatic carbocycles. The maximum absolute atomic E-state index is 10.6. The van der Waals surface area contributed by atoms with Crippen molar-refractivity contribution in [1.82, 2.24) is 0 Å². The quantitative estimate of drug-likeness (QED) is 0.402. The lowest BCUT2D eigenvalue weighted by Gasteiger charge is -2.15. The lowest BCUT2D eigenvalue weighted by atomic mass is 10.4. The summed E-state index contributed by atoms with van der Waals surface area (Å²) in [7, 11) is 1.33. The van der Waals surface area contributed by atoms with E-state index in [4.69, 9.17) is 4.74 Å². The van der Waals surface area contributed by atoms with Gasteiger partial charge in [-0.25, -0.2) is 4.79 Å². The van der Waals surface area contributed by atoms with Gasteiger partial charge in [-0.05, 0) is 6.92 Å². The number of rotatable bonds is 6. The van der Waals surface area contributed by atoms with Gasteiger partial charge in [-0.15, -0.1) is 0 Å². The van der Waals surface area contributed by atoms with Crippen LogP contribution < -0.4 is 0 Å². The molecule has 0 atom stereocenters. The van der Waals surface area contributed by atoms with Gasteiger partial charge in [0.25, 0.3) is 0 Å². The van der Waals surface area contributed by atoms with Crippen molar-refractivity contribution in [3.05, 3.63) is 12.2 Å². The van der Waals surface area contributed by atoms with Crippen molar-refractivity contribution in [2.45, 2.75) is 33.8 Å². The third-order valence-corrected chi connectivity index (χ3v) is 1.81. The Morgan fingerprint density at radius 3 is 1.45 bits per heavy atom. The number of methoxy groups -OCH3 is 1. The Kier molecular flexibility index (Phi) is 12.3. The summed E-state index contributed by atoms with van der Waals surface area (Å²) in [5, 5.41) is 0. The molecule has 0 aliphatic rings. The fourth-order valence-electron chi connectivity index (χ4n) is 0.946. The third-order valence-electron chi connectivity index (χ3n) is 1.81. The van der Waals surface area contributed by atoms with E-state index in [1.54, 1.807) is 6.92 Å². The molecule has 0 rings (SSSR count). The SMILES string of the molecule is C=C(C)C(=O)OC.CC(=O)OCC(COC(C)=O)OC(C)=O. The Bertz CT molecular complexity index is 395. The van der Waals surface area contributed by atoms with Crippen molar-refractivity contribution in [2.24, 2.45) is 0 Å². The molecule has 0 N–H and O–H groups in total. The first-order valence-electron chi connectivity index (χ1n) is 6.27. The van der Waals surface area contributed by atoms with Crippen molar-refractivity contribution in [3.8, 4) is 0 Å². The number of ether oxygens (including phenoxy) is 4. The van der Waals surface area contributed by atoms with Crippen molar-refractivity contribution in [3.63, 3.8) is 0 Å². The van der Waals surface area contributed by atoms with Crippen LogP contribution in [0, 0.1) is 0 Å². The van der Waals surface area contributed by atoms with Crippen LogP contribution in [0.5, 0.6) is 0 Å². The topological polar surface area (TPSA) is 105 Å². The van der Waals surface area contributed by atoms with Crippen LogP contribution in [-0.4, -0.2) is 50.3 Å². The summed E-state index contributed by atoms with van der Waals surface area (Å²) in [6.45, 7) is 8.39. The molecule has 0 bridgehead atoms. The third kappa shape index (κ3) is 15.7. The van der Waals surface area contributed by atoms with E-state index in [0.717, 1.165) is 0 Å². The van der Waals surface area contributed by atoms with Gasteiger partial charge in [-0.1, -0.05) is 6.58 Å². The van der Waals surface area contributed by atoms with E-state index in [-0.39, 0.29) is 19.2 Å². The molecule has 0 aromatic heterocycles. The van der Waals surface area contributed by atoms with Gasteiger partial charge in [-0.3, -0.25) is 14.4 Å². The number of hydrogen-bond acceptors (Lipinski definition) is 8. The van der Waals surface area contributed by atoms with E-state index < -0.39 is 24.0 Å². The summed E-state index contributed by atoms with van der Waals surface area (Å²) in [6.07, 6.45) is -0.754. The molecule has 0 aromatic carbocycles. The highest BCUT2D eigenvalue weighted by atomic mass is 16.6. The van der Waals surface area contributed by atoms with Crippen LogP contribution in [0.25, 0.3) is 0 Å². The molecular weight excluding hydrogens is 296 g/mol. The first-order chi connectivity index (χ1) is 10.1. The normalized spacial score (nSPS) is 9.00. The predicted molar refractivity (Wildman–Crippen MR) is 75.7 cm³/mol. The van der Waals surface area contributed by atoms with Crippen molar-refractivity contribution >= 4 is 23.9 Å². The molecular formula is C14H22O8. The number of carbonyl (C=O) groups is 4. The van der Waals surface area contributed by atoms with Gasteiger partial charge in [0, 0.05) is 26.3 Å². The molecule has 8 nitrogen and oxygen atoms in total. The summed E-state index contributed by atoms with van der Waals surface area (Å²) < 4.78 is 18.3. The highest BCUT2D eigenvalue weighted by Crippen LogP contribution is 1.97. The minimum absolute atomic E-state index is 0.123. The molecule has 0 aromatic rings. The van der Waals surface area contributed by atoms with Crippen LogP contribution in [0.2, 0.25) is 0 Å². The van der Waals surface area contributed by atoms with Gasteiger partial charge in [-0.2, -0.15) is 0 Å². The summed E-state index contributed by atoms with van der Waals surface area (Å²) >= 11 is 0. The molecule has 0 aliphatic heterocycles. The first kappa shape index (κ1) is 21.9. The minimum Gasteiger partial charge on any atom is -0.466 e. The van der Waals surface area contributed by atoms with Gasteiger partial charge in [0.2, 0.25) is 0 Å². The fourth-order valence-corrected chi connectivity index (χ4v) is 0.946. The van der Waals surface area contributed by atoms with Crippen LogP contribution >= 0.6 is 0 Å². The van der Waals surface area contributed by atoms with E-state index >= 15 is 0 Å². The smallest absolute Gasteiger partial charge is 0.332 e. The Morgan fingerprint density at radius 2 is 1.27 bits per heavy atom. The van der Waals surface area contributed by atoms with Gasteiger partial charge in [0.1, 0.15) is 13.2 Å². The zero-order chi connectivity index (χ0) is 17.7. The monoisotopic (exact) mass is 318 g/mol. The lowest BCUT2D eigenvalue weighted by molar-refractivity contribution is -0.163. The molecule has 8 heteroatoms. The molecule has 0 saturated heterocycles.